The van der Waals surface area contributed by atoms with Crippen molar-refractivity contribution in [2.24, 2.45) is 0 Å². The molecule has 0 saturated carbocycles. The van der Waals surface area contributed by atoms with E-state index in [-0.39, 0.29) is 11.9 Å². The smallest absolute Gasteiger partial charge is 0.226 e. The molecule has 3 rings (SSSR count). The second-order valence-electron chi connectivity index (χ2n) is 6.51. The van der Waals surface area contributed by atoms with E-state index in [0.717, 1.165) is 37.2 Å². The number of piperidine rings is 1. The van der Waals surface area contributed by atoms with E-state index >= 15 is 0 Å². The molecule has 0 spiro atoms. The monoisotopic (exact) mass is 333 g/mol. The maximum absolute atomic E-state index is 12.0. The average Bonchev–Trinajstić information content (AvgIpc) is 2.67. The van der Waals surface area contributed by atoms with E-state index in [1.54, 1.807) is 0 Å². The third-order valence-electron chi connectivity index (χ3n) is 4.70. The zero-order chi connectivity index (χ0) is 17.6. The summed E-state index contributed by atoms with van der Waals surface area (Å²) in [6, 6.07) is 18.2. The number of benzene rings is 2. The minimum absolute atomic E-state index is 0.164. The Morgan fingerprint density at radius 3 is 2.72 bits per heavy atom. The highest BCUT2D eigenvalue weighted by Crippen LogP contribution is 2.21. The zero-order valence-electron chi connectivity index (χ0n) is 14.5. The molecule has 0 radical (unpaired) electrons. The van der Waals surface area contributed by atoms with Gasteiger partial charge in [0.1, 0.15) is 0 Å². The summed E-state index contributed by atoms with van der Waals surface area (Å²) in [4.78, 5) is 13.9. The third kappa shape index (κ3) is 4.26. The molecule has 1 atom stereocenters. The molecule has 1 heterocycles. The van der Waals surface area contributed by atoms with Gasteiger partial charge in [0.15, 0.2) is 0 Å². The van der Waals surface area contributed by atoms with Crippen molar-refractivity contribution in [3.8, 4) is 6.07 Å². The molecule has 1 saturated heterocycles. The molecule has 0 aliphatic carbocycles. The Morgan fingerprint density at radius 2 is 2.00 bits per heavy atom. The van der Waals surface area contributed by atoms with Gasteiger partial charge in [-0.15, -0.1) is 0 Å². The van der Waals surface area contributed by atoms with Crippen LogP contribution in [0.4, 0.5) is 5.69 Å². The van der Waals surface area contributed by atoms with Crippen molar-refractivity contribution in [3.05, 3.63) is 65.2 Å². The van der Waals surface area contributed by atoms with Gasteiger partial charge in [0.05, 0.1) is 11.6 Å². The molecular formula is C21H23N3O. The molecule has 1 fully saturated rings. The standard InChI is InChI=1S/C21H23N3O/c1-16(19-6-4-5-18(13-19)14-22)23-15-17-8-10-20(11-9-17)24-12-3-2-7-21(24)25/h4-6,8-11,13,16,23H,2-3,7,12,15H2,1H3/t16-/m1/s1. The minimum Gasteiger partial charge on any atom is -0.312 e. The first-order valence-corrected chi connectivity index (χ1v) is 8.80. The molecule has 4 nitrogen and oxygen atoms in total. The molecule has 1 aliphatic rings. The van der Waals surface area contributed by atoms with Gasteiger partial charge in [0, 0.05) is 31.2 Å². The highest BCUT2D eigenvalue weighted by molar-refractivity contribution is 5.93. The first kappa shape index (κ1) is 17.2. The normalized spacial score (nSPS) is 15.7. The predicted octanol–water partition coefficient (Wildman–Crippen LogP) is 3.93. The lowest BCUT2D eigenvalue weighted by Crippen LogP contribution is -2.35. The van der Waals surface area contributed by atoms with Gasteiger partial charge in [-0.3, -0.25) is 4.79 Å². The Morgan fingerprint density at radius 1 is 1.20 bits per heavy atom. The van der Waals surface area contributed by atoms with Crippen LogP contribution in [0.25, 0.3) is 0 Å². The first-order valence-electron chi connectivity index (χ1n) is 8.80. The molecule has 4 heteroatoms. The molecule has 128 valence electrons. The van der Waals surface area contributed by atoms with E-state index in [0.29, 0.717) is 12.0 Å². The van der Waals surface area contributed by atoms with Crippen molar-refractivity contribution in [1.29, 1.82) is 5.26 Å². The fourth-order valence-corrected chi connectivity index (χ4v) is 3.14. The van der Waals surface area contributed by atoms with Crippen LogP contribution in [0.3, 0.4) is 0 Å². The number of hydrogen-bond acceptors (Lipinski definition) is 3. The molecule has 2 aromatic carbocycles. The second-order valence-corrected chi connectivity index (χ2v) is 6.51. The van der Waals surface area contributed by atoms with Crippen molar-refractivity contribution < 1.29 is 4.79 Å². The Hall–Kier alpha value is -2.64. The van der Waals surface area contributed by atoms with Crippen molar-refractivity contribution in [3.63, 3.8) is 0 Å². The molecular weight excluding hydrogens is 310 g/mol. The maximum atomic E-state index is 12.0. The van der Waals surface area contributed by atoms with E-state index in [1.807, 2.05) is 41.3 Å². The topological polar surface area (TPSA) is 56.1 Å². The van der Waals surface area contributed by atoms with Crippen LogP contribution in [0.1, 0.15) is 48.9 Å². The van der Waals surface area contributed by atoms with E-state index in [9.17, 15) is 4.79 Å². The molecule has 1 aliphatic heterocycles. The molecule has 0 bridgehead atoms. The summed E-state index contributed by atoms with van der Waals surface area (Å²) < 4.78 is 0. The summed E-state index contributed by atoms with van der Waals surface area (Å²) >= 11 is 0. The van der Waals surface area contributed by atoms with Crippen molar-refractivity contribution in [2.45, 2.75) is 38.8 Å². The summed E-state index contributed by atoms with van der Waals surface area (Å²) in [7, 11) is 0. The van der Waals surface area contributed by atoms with Crippen LogP contribution in [0.15, 0.2) is 48.5 Å². The van der Waals surface area contributed by atoms with Gasteiger partial charge in [-0.25, -0.2) is 0 Å². The Balaban J connectivity index is 1.60. The van der Waals surface area contributed by atoms with Crippen molar-refractivity contribution in [2.75, 3.05) is 11.4 Å². The van der Waals surface area contributed by atoms with Crippen molar-refractivity contribution in [1.82, 2.24) is 5.32 Å². The lowest BCUT2D eigenvalue weighted by atomic mass is 10.1. The zero-order valence-corrected chi connectivity index (χ0v) is 14.5. The van der Waals surface area contributed by atoms with E-state index in [1.165, 1.54) is 5.56 Å². The highest BCUT2D eigenvalue weighted by atomic mass is 16.2. The van der Waals surface area contributed by atoms with Crippen LogP contribution < -0.4 is 10.2 Å². The molecule has 0 unspecified atom stereocenters. The summed E-state index contributed by atoms with van der Waals surface area (Å²) in [6.45, 7) is 3.66. The quantitative estimate of drug-likeness (QED) is 0.902. The number of hydrogen-bond donors (Lipinski definition) is 1. The third-order valence-corrected chi connectivity index (χ3v) is 4.70. The number of nitrogens with zero attached hydrogens (tertiary/aromatic N) is 2. The van der Waals surface area contributed by atoms with Crippen LogP contribution in [0.2, 0.25) is 0 Å². The van der Waals surface area contributed by atoms with Crippen LogP contribution in [-0.4, -0.2) is 12.5 Å². The highest BCUT2D eigenvalue weighted by Gasteiger charge is 2.19. The summed E-state index contributed by atoms with van der Waals surface area (Å²) in [5.41, 5.74) is 3.95. The molecule has 25 heavy (non-hydrogen) atoms. The Kier molecular flexibility index (Phi) is 5.47. The Labute approximate surface area is 149 Å². The minimum atomic E-state index is 0.164. The fraction of sp³-hybridized carbons (Fsp3) is 0.333. The number of nitriles is 1. The molecule has 1 amide bonds. The summed E-state index contributed by atoms with van der Waals surface area (Å²) in [6.07, 6.45) is 2.74. The predicted molar refractivity (Wildman–Crippen MR) is 99.1 cm³/mol. The van der Waals surface area contributed by atoms with Gasteiger partial charge in [-0.2, -0.15) is 5.26 Å². The van der Waals surface area contributed by atoms with Gasteiger partial charge in [-0.05, 0) is 55.2 Å². The van der Waals surface area contributed by atoms with Gasteiger partial charge in [-0.1, -0.05) is 24.3 Å². The molecule has 1 N–H and O–H groups in total. The average molecular weight is 333 g/mol. The van der Waals surface area contributed by atoms with Crippen LogP contribution in [0.5, 0.6) is 0 Å². The number of nitrogens with one attached hydrogen (secondary N) is 1. The number of rotatable bonds is 5. The molecule has 0 aromatic heterocycles. The number of anilines is 1. The van der Waals surface area contributed by atoms with Crippen LogP contribution in [0, 0.1) is 11.3 Å². The molecule has 2 aromatic rings. The van der Waals surface area contributed by atoms with Gasteiger partial charge in [0.25, 0.3) is 0 Å². The lowest BCUT2D eigenvalue weighted by molar-refractivity contribution is -0.119. The van der Waals surface area contributed by atoms with Gasteiger partial charge < -0.3 is 10.2 Å². The lowest BCUT2D eigenvalue weighted by Gasteiger charge is -2.27. The van der Waals surface area contributed by atoms with Crippen molar-refractivity contribution >= 4 is 11.6 Å². The fourth-order valence-electron chi connectivity index (χ4n) is 3.14. The number of carbonyl (C=O) groups excluding carboxylic acids is 1. The first-order chi connectivity index (χ1) is 12.2. The van der Waals surface area contributed by atoms with E-state index in [4.69, 9.17) is 5.26 Å². The van der Waals surface area contributed by atoms with Crippen LogP contribution >= 0.6 is 0 Å². The SMILES string of the molecule is C[C@@H](NCc1ccc(N2CCCCC2=O)cc1)c1cccc(C#N)c1. The maximum Gasteiger partial charge on any atom is 0.226 e. The van der Waals surface area contributed by atoms with Gasteiger partial charge >= 0.3 is 0 Å². The largest absolute Gasteiger partial charge is 0.312 e. The number of amides is 1. The summed E-state index contributed by atoms with van der Waals surface area (Å²) in [5.74, 6) is 0.225. The second kappa shape index (κ2) is 7.96. The van der Waals surface area contributed by atoms with E-state index in [2.05, 4.69) is 30.4 Å². The van der Waals surface area contributed by atoms with Gasteiger partial charge in [0.2, 0.25) is 5.91 Å². The number of carbonyl (C=O) groups is 1. The van der Waals surface area contributed by atoms with Crippen LogP contribution in [-0.2, 0) is 11.3 Å². The van der Waals surface area contributed by atoms with E-state index < -0.39 is 0 Å². The Bertz CT molecular complexity index is 776. The summed E-state index contributed by atoms with van der Waals surface area (Å²) in [5, 5.41) is 12.5.